The Kier molecular flexibility index (Phi) is 3.87. The van der Waals surface area contributed by atoms with Gasteiger partial charge in [-0.1, -0.05) is 0 Å². The van der Waals surface area contributed by atoms with Crippen molar-refractivity contribution in [3.05, 3.63) is 53.3 Å². The molecule has 0 unspecified atom stereocenters. The van der Waals surface area contributed by atoms with Crippen LogP contribution in [0.5, 0.6) is 0 Å². The van der Waals surface area contributed by atoms with Crippen LogP contribution in [0.1, 0.15) is 22.3 Å². The van der Waals surface area contributed by atoms with Crippen molar-refractivity contribution in [2.24, 2.45) is 4.99 Å². The van der Waals surface area contributed by atoms with Crippen molar-refractivity contribution in [3.8, 4) is 0 Å². The second-order valence-corrected chi connectivity index (χ2v) is 6.13. The summed E-state index contributed by atoms with van der Waals surface area (Å²) < 4.78 is 18.3. The minimum Gasteiger partial charge on any atom is -0.465 e. The van der Waals surface area contributed by atoms with Gasteiger partial charge in [0, 0.05) is 12.2 Å². The van der Waals surface area contributed by atoms with Crippen LogP contribution in [0.4, 0.5) is 21.5 Å². The molecule has 6 heteroatoms. The van der Waals surface area contributed by atoms with Crippen LogP contribution in [0.3, 0.4) is 0 Å². The maximum absolute atomic E-state index is 13.5. The molecule has 0 saturated carbocycles. The van der Waals surface area contributed by atoms with E-state index in [1.54, 1.807) is 18.2 Å². The number of halogens is 1. The number of carbonyl (C=O) groups excluding carboxylic acids is 1. The number of hydrogen-bond acceptors (Lipinski definition) is 5. The van der Waals surface area contributed by atoms with Crippen LogP contribution < -0.4 is 10.2 Å². The Morgan fingerprint density at radius 3 is 3.00 bits per heavy atom. The van der Waals surface area contributed by atoms with E-state index < -0.39 is 0 Å². The van der Waals surface area contributed by atoms with Crippen molar-refractivity contribution in [2.45, 2.75) is 12.8 Å². The lowest BCUT2D eigenvalue weighted by molar-refractivity contribution is 0.0601. The molecular weight excluding hydrogens is 321 g/mol. The molecule has 0 spiro atoms. The number of rotatable bonds is 1. The first kappa shape index (κ1) is 15.6. The van der Waals surface area contributed by atoms with Crippen LogP contribution in [0.2, 0.25) is 0 Å². The summed E-state index contributed by atoms with van der Waals surface area (Å²) in [5, 5.41) is 3.34. The molecule has 128 valence electrons. The maximum Gasteiger partial charge on any atom is 0.337 e. The zero-order valence-electron chi connectivity index (χ0n) is 13.9. The Labute approximate surface area is 145 Å². The van der Waals surface area contributed by atoms with Crippen molar-refractivity contribution in [1.82, 2.24) is 0 Å². The number of methoxy groups -OCH3 is 1. The molecule has 0 aromatic heterocycles. The molecule has 2 aliphatic heterocycles. The fourth-order valence-electron chi connectivity index (χ4n) is 3.36. The number of anilines is 2. The molecule has 0 saturated heterocycles. The number of benzene rings is 2. The fraction of sp³-hybridized carbons (Fsp3) is 0.263. The lowest BCUT2D eigenvalue weighted by Gasteiger charge is -2.34. The maximum atomic E-state index is 13.5. The first-order valence-electron chi connectivity index (χ1n) is 8.25. The van der Waals surface area contributed by atoms with E-state index in [9.17, 15) is 9.18 Å². The van der Waals surface area contributed by atoms with Gasteiger partial charge in [-0.25, -0.2) is 14.2 Å². The number of hydrogen-bond donors (Lipinski definition) is 1. The molecule has 0 atom stereocenters. The highest BCUT2D eigenvalue weighted by Crippen LogP contribution is 2.33. The molecule has 2 heterocycles. The summed E-state index contributed by atoms with van der Waals surface area (Å²) in [6.45, 7) is 1.42. The van der Waals surface area contributed by atoms with E-state index in [1.165, 1.54) is 13.2 Å². The van der Waals surface area contributed by atoms with Gasteiger partial charge in [0.25, 0.3) is 0 Å². The second kappa shape index (κ2) is 6.20. The molecule has 0 radical (unpaired) electrons. The number of esters is 1. The van der Waals surface area contributed by atoms with Crippen LogP contribution in [-0.4, -0.2) is 32.0 Å². The first-order chi connectivity index (χ1) is 12.2. The minimum atomic E-state index is -0.385. The van der Waals surface area contributed by atoms with Gasteiger partial charge in [0.1, 0.15) is 11.7 Å². The largest absolute Gasteiger partial charge is 0.465 e. The van der Waals surface area contributed by atoms with Crippen LogP contribution in [-0.2, 0) is 11.2 Å². The lowest BCUT2D eigenvalue weighted by atomic mass is 10.0. The quantitative estimate of drug-likeness (QED) is 0.808. The van der Waals surface area contributed by atoms with Gasteiger partial charge in [-0.05, 0) is 54.8 Å². The molecule has 2 aromatic carbocycles. The zero-order valence-corrected chi connectivity index (χ0v) is 13.9. The van der Waals surface area contributed by atoms with Crippen LogP contribution in [0, 0.1) is 5.82 Å². The van der Waals surface area contributed by atoms with E-state index in [4.69, 9.17) is 9.73 Å². The smallest absolute Gasteiger partial charge is 0.337 e. The molecule has 0 bridgehead atoms. The highest BCUT2D eigenvalue weighted by molar-refractivity contribution is 6.05. The molecular formula is C19H18FN3O2. The number of carbonyl (C=O) groups is 1. The third kappa shape index (κ3) is 2.84. The summed E-state index contributed by atoms with van der Waals surface area (Å²) in [6, 6.07) is 10.2. The Hall–Kier alpha value is -2.89. The van der Waals surface area contributed by atoms with Gasteiger partial charge in [0.05, 0.1) is 30.6 Å². The Balaban J connectivity index is 1.72. The van der Waals surface area contributed by atoms with Crippen LogP contribution in [0.15, 0.2) is 41.4 Å². The first-order valence-corrected chi connectivity index (χ1v) is 8.25. The Bertz CT molecular complexity index is 879. The van der Waals surface area contributed by atoms with Gasteiger partial charge in [-0.2, -0.15) is 0 Å². The number of nitrogens with zero attached hydrogens (tertiary/aromatic N) is 2. The minimum absolute atomic E-state index is 0.211. The number of aliphatic imine (C=N–C) groups is 1. The molecule has 2 aromatic rings. The van der Waals surface area contributed by atoms with Gasteiger partial charge in [-0.3, -0.25) is 0 Å². The van der Waals surface area contributed by atoms with E-state index in [0.717, 1.165) is 42.2 Å². The van der Waals surface area contributed by atoms with E-state index in [1.807, 2.05) is 12.1 Å². The van der Waals surface area contributed by atoms with Gasteiger partial charge in [-0.15, -0.1) is 0 Å². The SMILES string of the molecule is COC(=O)c1ccc2c(c1)N=C(N1CCCc3cc(F)ccc31)CN2. The summed E-state index contributed by atoms with van der Waals surface area (Å²) in [5.74, 6) is 0.267. The number of nitrogens with one attached hydrogen (secondary N) is 1. The predicted molar refractivity (Wildman–Crippen MR) is 95.4 cm³/mol. The van der Waals surface area contributed by atoms with Gasteiger partial charge in [0.15, 0.2) is 0 Å². The third-order valence-corrected chi connectivity index (χ3v) is 4.58. The molecule has 0 fully saturated rings. The molecule has 0 aliphatic carbocycles. The van der Waals surface area contributed by atoms with Gasteiger partial charge < -0.3 is 15.0 Å². The predicted octanol–water partition coefficient (Wildman–Crippen LogP) is 3.52. The van der Waals surface area contributed by atoms with E-state index in [-0.39, 0.29) is 11.8 Å². The highest BCUT2D eigenvalue weighted by atomic mass is 19.1. The van der Waals surface area contributed by atoms with E-state index in [2.05, 4.69) is 10.2 Å². The summed E-state index contributed by atoms with van der Waals surface area (Å²) in [4.78, 5) is 18.6. The molecule has 25 heavy (non-hydrogen) atoms. The average molecular weight is 339 g/mol. The topological polar surface area (TPSA) is 53.9 Å². The fourth-order valence-corrected chi connectivity index (χ4v) is 3.36. The molecule has 0 amide bonds. The third-order valence-electron chi connectivity index (χ3n) is 4.58. The normalized spacial score (nSPS) is 15.6. The second-order valence-electron chi connectivity index (χ2n) is 6.13. The highest BCUT2D eigenvalue weighted by Gasteiger charge is 2.24. The molecule has 1 N–H and O–H groups in total. The lowest BCUT2D eigenvalue weighted by Crippen LogP contribution is -2.40. The van der Waals surface area contributed by atoms with Gasteiger partial charge in [0.2, 0.25) is 0 Å². The Morgan fingerprint density at radius 1 is 1.28 bits per heavy atom. The van der Waals surface area contributed by atoms with Crippen molar-refractivity contribution in [3.63, 3.8) is 0 Å². The zero-order chi connectivity index (χ0) is 17.4. The molecule has 2 aliphatic rings. The van der Waals surface area contributed by atoms with Crippen LogP contribution >= 0.6 is 0 Å². The summed E-state index contributed by atoms with van der Waals surface area (Å²) in [5.41, 5.74) is 4.06. The molecule has 4 rings (SSSR count). The molecule has 5 nitrogen and oxygen atoms in total. The van der Waals surface area contributed by atoms with Crippen molar-refractivity contribution >= 4 is 28.9 Å². The summed E-state index contributed by atoms with van der Waals surface area (Å²) >= 11 is 0. The van der Waals surface area contributed by atoms with Gasteiger partial charge >= 0.3 is 5.97 Å². The van der Waals surface area contributed by atoms with Crippen LogP contribution in [0.25, 0.3) is 0 Å². The van der Waals surface area contributed by atoms with E-state index in [0.29, 0.717) is 17.8 Å². The standard InChI is InChI=1S/C19H18FN3O2/c1-25-19(24)13-4-6-15-16(10-13)22-18(11-21-15)23-8-2-3-12-9-14(20)5-7-17(12)23/h4-7,9-10,21H,2-3,8,11H2,1H3. The van der Waals surface area contributed by atoms with Crippen molar-refractivity contribution < 1.29 is 13.9 Å². The van der Waals surface area contributed by atoms with E-state index >= 15 is 0 Å². The number of ether oxygens (including phenoxy) is 1. The monoisotopic (exact) mass is 339 g/mol. The number of amidine groups is 1. The van der Waals surface area contributed by atoms with Crippen molar-refractivity contribution in [1.29, 1.82) is 0 Å². The Morgan fingerprint density at radius 2 is 2.16 bits per heavy atom. The summed E-state index contributed by atoms with van der Waals surface area (Å²) in [6.07, 6.45) is 1.82. The summed E-state index contributed by atoms with van der Waals surface area (Å²) in [7, 11) is 1.36. The number of fused-ring (bicyclic) bond motifs is 2. The van der Waals surface area contributed by atoms with Crippen molar-refractivity contribution in [2.75, 3.05) is 30.4 Å². The average Bonchev–Trinajstić information content (AvgIpc) is 2.65. The number of aryl methyl sites for hydroxylation is 1.